The van der Waals surface area contributed by atoms with E-state index in [1.54, 1.807) is 0 Å². The van der Waals surface area contributed by atoms with Crippen molar-refractivity contribution in [1.82, 2.24) is 0 Å². The number of rotatable bonds is 7. The molecular formula is C20H25P. The van der Waals surface area contributed by atoms with Crippen LogP contribution in [0, 0.1) is 0 Å². The summed E-state index contributed by atoms with van der Waals surface area (Å²) in [5, 5.41) is 0. The fourth-order valence-electron chi connectivity index (χ4n) is 2.55. The third-order valence-electron chi connectivity index (χ3n) is 3.50. The van der Waals surface area contributed by atoms with Crippen molar-refractivity contribution in [1.29, 1.82) is 0 Å². The summed E-state index contributed by atoms with van der Waals surface area (Å²) in [5.74, 6) is 2.56. The van der Waals surface area contributed by atoms with E-state index < -0.39 is 0 Å². The average molecular weight is 296 g/mol. The summed E-state index contributed by atoms with van der Waals surface area (Å²) in [6, 6.07) is 21.6. The molecule has 21 heavy (non-hydrogen) atoms. The highest BCUT2D eigenvalue weighted by Crippen LogP contribution is 2.43. The molecule has 0 N–H and O–H groups in total. The number of hydrogen-bond donors (Lipinski definition) is 0. The Hall–Kier alpha value is -1.39. The van der Waals surface area contributed by atoms with Crippen molar-refractivity contribution in [3.8, 4) is 0 Å². The molecule has 0 nitrogen and oxygen atoms in total. The normalized spacial score (nSPS) is 10.6. The molecule has 0 fully saturated rings. The first-order chi connectivity index (χ1) is 10.3. The summed E-state index contributed by atoms with van der Waals surface area (Å²) in [6.45, 7) is 4.59. The van der Waals surface area contributed by atoms with Crippen molar-refractivity contribution in [3.05, 3.63) is 77.6 Å². The van der Waals surface area contributed by atoms with E-state index in [1.165, 1.54) is 41.9 Å². The van der Waals surface area contributed by atoms with E-state index >= 15 is 0 Å². The van der Waals surface area contributed by atoms with Crippen LogP contribution in [0.3, 0.4) is 0 Å². The van der Waals surface area contributed by atoms with Crippen LogP contribution < -0.4 is 0 Å². The molecule has 2 aromatic carbocycles. The SMILES string of the molecule is CCCP(C=C(c1ccccc1)c1ccccc1)CCC. The van der Waals surface area contributed by atoms with E-state index in [0.717, 1.165) is 0 Å². The minimum Gasteiger partial charge on any atom is -0.0826 e. The maximum absolute atomic E-state index is 2.56. The van der Waals surface area contributed by atoms with Crippen molar-refractivity contribution < 1.29 is 0 Å². The standard InChI is InChI=1S/C20H25P/c1-3-15-21(16-4-2)17-20(18-11-7-5-8-12-18)19-13-9-6-10-14-19/h5-14,17H,3-4,15-16H2,1-2H3. The van der Waals surface area contributed by atoms with Crippen molar-refractivity contribution in [2.75, 3.05) is 12.3 Å². The Bertz CT molecular complexity index is 495. The van der Waals surface area contributed by atoms with Gasteiger partial charge >= 0.3 is 0 Å². The van der Waals surface area contributed by atoms with Crippen molar-refractivity contribution in [3.63, 3.8) is 0 Å². The predicted molar refractivity (Wildman–Crippen MR) is 97.2 cm³/mol. The second kappa shape index (κ2) is 8.80. The van der Waals surface area contributed by atoms with Crippen LogP contribution in [0.2, 0.25) is 0 Å². The van der Waals surface area contributed by atoms with E-state index in [4.69, 9.17) is 0 Å². The summed E-state index contributed by atoms with van der Waals surface area (Å²) in [6.07, 6.45) is 5.23. The second-order valence-electron chi connectivity index (χ2n) is 5.31. The van der Waals surface area contributed by atoms with Crippen molar-refractivity contribution in [2.24, 2.45) is 0 Å². The van der Waals surface area contributed by atoms with Crippen LogP contribution in [0.15, 0.2) is 66.5 Å². The summed E-state index contributed by atoms with van der Waals surface area (Å²) in [4.78, 5) is 0. The van der Waals surface area contributed by atoms with Crippen LogP contribution in [-0.4, -0.2) is 12.3 Å². The Morgan fingerprint density at radius 2 is 1.19 bits per heavy atom. The van der Waals surface area contributed by atoms with Gasteiger partial charge in [0.05, 0.1) is 0 Å². The van der Waals surface area contributed by atoms with E-state index in [1.807, 2.05) is 0 Å². The van der Waals surface area contributed by atoms with Gasteiger partial charge in [0.15, 0.2) is 0 Å². The number of benzene rings is 2. The van der Waals surface area contributed by atoms with Crippen LogP contribution in [-0.2, 0) is 0 Å². The maximum atomic E-state index is 2.56. The molecule has 0 aliphatic heterocycles. The Morgan fingerprint density at radius 3 is 1.57 bits per heavy atom. The third kappa shape index (κ3) is 4.83. The van der Waals surface area contributed by atoms with Gasteiger partial charge in [0.2, 0.25) is 0 Å². The zero-order valence-corrected chi connectivity index (χ0v) is 14.0. The zero-order valence-electron chi connectivity index (χ0n) is 13.1. The molecule has 0 amide bonds. The molecule has 110 valence electrons. The smallest absolute Gasteiger partial charge is 0.0107 e. The molecule has 0 radical (unpaired) electrons. The molecule has 0 bridgehead atoms. The largest absolute Gasteiger partial charge is 0.0826 e. The van der Waals surface area contributed by atoms with E-state index in [2.05, 4.69) is 80.3 Å². The molecular weight excluding hydrogens is 271 g/mol. The minimum atomic E-state index is -0.00950. The summed E-state index contributed by atoms with van der Waals surface area (Å²) in [7, 11) is -0.00950. The van der Waals surface area contributed by atoms with Gasteiger partial charge in [-0.15, -0.1) is 0 Å². The second-order valence-corrected chi connectivity index (χ2v) is 7.64. The van der Waals surface area contributed by atoms with Crippen LogP contribution in [0.25, 0.3) is 5.57 Å². The summed E-state index contributed by atoms with van der Waals surface area (Å²) in [5.41, 5.74) is 4.08. The van der Waals surface area contributed by atoms with Gasteiger partial charge in [-0.25, -0.2) is 0 Å². The van der Waals surface area contributed by atoms with Gasteiger partial charge in [-0.1, -0.05) is 101 Å². The van der Waals surface area contributed by atoms with Gasteiger partial charge < -0.3 is 0 Å². The van der Waals surface area contributed by atoms with Gasteiger partial charge in [-0.05, 0) is 29.0 Å². The first-order valence-electron chi connectivity index (χ1n) is 7.91. The Balaban J connectivity index is 2.40. The quantitative estimate of drug-likeness (QED) is 0.520. The van der Waals surface area contributed by atoms with Crippen LogP contribution in [0.5, 0.6) is 0 Å². The summed E-state index contributed by atoms with van der Waals surface area (Å²) < 4.78 is 0. The van der Waals surface area contributed by atoms with E-state index in [-0.39, 0.29) is 7.92 Å². The molecule has 0 aliphatic rings. The highest BCUT2D eigenvalue weighted by molar-refractivity contribution is 7.61. The molecule has 2 rings (SSSR count). The van der Waals surface area contributed by atoms with Gasteiger partial charge in [-0.2, -0.15) is 0 Å². The Labute approximate surface area is 130 Å². The van der Waals surface area contributed by atoms with Crippen molar-refractivity contribution >= 4 is 13.5 Å². The molecule has 0 aromatic heterocycles. The lowest BCUT2D eigenvalue weighted by atomic mass is 10.00. The van der Waals surface area contributed by atoms with Crippen molar-refractivity contribution in [2.45, 2.75) is 26.7 Å². The number of hydrogen-bond acceptors (Lipinski definition) is 0. The van der Waals surface area contributed by atoms with Gasteiger partial charge in [0.1, 0.15) is 0 Å². The highest BCUT2D eigenvalue weighted by atomic mass is 31.1. The van der Waals surface area contributed by atoms with E-state index in [9.17, 15) is 0 Å². The first-order valence-corrected chi connectivity index (χ1v) is 9.70. The van der Waals surface area contributed by atoms with E-state index in [0.29, 0.717) is 0 Å². The first kappa shape index (κ1) is 16.0. The molecule has 0 spiro atoms. The van der Waals surface area contributed by atoms with Gasteiger partial charge in [0.25, 0.3) is 0 Å². The van der Waals surface area contributed by atoms with Gasteiger partial charge in [-0.3, -0.25) is 0 Å². The maximum Gasteiger partial charge on any atom is -0.0107 e. The molecule has 0 atom stereocenters. The zero-order chi connectivity index (χ0) is 14.9. The highest BCUT2D eigenvalue weighted by Gasteiger charge is 2.09. The molecule has 1 heteroatoms. The fourth-order valence-corrected chi connectivity index (χ4v) is 4.84. The monoisotopic (exact) mass is 296 g/mol. The van der Waals surface area contributed by atoms with Crippen LogP contribution in [0.1, 0.15) is 37.8 Å². The lowest BCUT2D eigenvalue weighted by molar-refractivity contribution is 1.06. The average Bonchev–Trinajstić information content (AvgIpc) is 2.54. The lowest BCUT2D eigenvalue weighted by Crippen LogP contribution is -1.91. The molecule has 0 unspecified atom stereocenters. The van der Waals surface area contributed by atoms with Gasteiger partial charge in [0, 0.05) is 0 Å². The fraction of sp³-hybridized carbons (Fsp3) is 0.300. The van der Waals surface area contributed by atoms with Crippen LogP contribution >= 0.6 is 7.92 Å². The Morgan fingerprint density at radius 1 is 0.762 bits per heavy atom. The third-order valence-corrected chi connectivity index (χ3v) is 6.17. The van der Waals surface area contributed by atoms with Crippen LogP contribution in [0.4, 0.5) is 0 Å². The molecule has 0 saturated heterocycles. The topological polar surface area (TPSA) is 0 Å². The molecule has 0 aliphatic carbocycles. The molecule has 0 heterocycles. The minimum absolute atomic E-state index is 0.00950. The molecule has 0 saturated carbocycles. The Kier molecular flexibility index (Phi) is 6.70. The summed E-state index contributed by atoms with van der Waals surface area (Å²) >= 11 is 0. The molecule has 2 aromatic rings. The predicted octanol–water partition coefficient (Wildman–Crippen LogP) is 6.38. The lowest BCUT2D eigenvalue weighted by Gasteiger charge is -2.16.